The molecule has 0 bridgehead atoms. The SMILES string of the molecule is CCCCC/C=C\C/C=C\C/C=C\C/C=C\CCCC(=O)OC(CCCCC/C=C/C=C/CCCCCCCCC)CC(=O)NC(CO)C(O)CCCCCCCCCCCCCCC. The fourth-order valence-electron chi connectivity index (χ4n) is 8.06. The van der Waals surface area contributed by atoms with Crippen LogP contribution in [0.25, 0.3) is 0 Å². The molecular formula is C59H105NO5. The number of esters is 1. The summed E-state index contributed by atoms with van der Waals surface area (Å²) < 4.78 is 5.91. The van der Waals surface area contributed by atoms with Crippen LogP contribution in [0.3, 0.4) is 0 Å². The molecule has 0 spiro atoms. The number of carbonyl (C=O) groups excluding carboxylic acids is 2. The topological polar surface area (TPSA) is 95.9 Å². The van der Waals surface area contributed by atoms with Crippen LogP contribution in [-0.2, 0) is 14.3 Å². The molecule has 0 fully saturated rings. The second kappa shape index (κ2) is 52.3. The highest BCUT2D eigenvalue weighted by molar-refractivity contribution is 5.77. The average molecular weight is 908 g/mol. The summed E-state index contributed by atoms with van der Waals surface area (Å²) in [5, 5.41) is 23.8. The van der Waals surface area contributed by atoms with Gasteiger partial charge in [0.25, 0.3) is 0 Å². The second-order valence-electron chi connectivity index (χ2n) is 18.7. The van der Waals surface area contributed by atoms with E-state index in [4.69, 9.17) is 4.74 Å². The maximum Gasteiger partial charge on any atom is 0.306 e. The summed E-state index contributed by atoms with van der Waals surface area (Å²) in [7, 11) is 0. The first kappa shape index (κ1) is 62.3. The number of hydrogen-bond donors (Lipinski definition) is 3. The van der Waals surface area contributed by atoms with Crippen LogP contribution in [0.15, 0.2) is 72.9 Å². The number of unbranched alkanes of at least 4 members (excludes halogenated alkanes) is 26. The van der Waals surface area contributed by atoms with E-state index in [1.54, 1.807) is 0 Å². The van der Waals surface area contributed by atoms with Gasteiger partial charge in [0.2, 0.25) is 5.91 Å². The molecule has 0 radical (unpaired) electrons. The highest BCUT2D eigenvalue weighted by Crippen LogP contribution is 2.17. The molecule has 3 N–H and O–H groups in total. The van der Waals surface area contributed by atoms with Crippen molar-refractivity contribution < 1.29 is 24.5 Å². The van der Waals surface area contributed by atoms with Crippen LogP contribution in [0.4, 0.5) is 0 Å². The van der Waals surface area contributed by atoms with E-state index in [0.717, 1.165) is 77.0 Å². The fourth-order valence-corrected chi connectivity index (χ4v) is 8.06. The summed E-state index contributed by atoms with van der Waals surface area (Å²) in [6, 6.07) is -0.724. The Morgan fingerprint density at radius 1 is 0.462 bits per heavy atom. The zero-order chi connectivity index (χ0) is 47.4. The molecule has 0 aliphatic carbocycles. The van der Waals surface area contributed by atoms with E-state index in [1.165, 1.54) is 135 Å². The number of aliphatic hydroxyl groups is 2. The van der Waals surface area contributed by atoms with E-state index in [9.17, 15) is 19.8 Å². The minimum Gasteiger partial charge on any atom is -0.462 e. The van der Waals surface area contributed by atoms with Crippen molar-refractivity contribution in [2.24, 2.45) is 0 Å². The van der Waals surface area contributed by atoms with Gasteiger partial charge in [-0.1, -0.05) is 235 Å². The van der Waals surface area contributed by atoms with E-state index >= 15 is 0 Å². The predicted molar refractivity (Wildman–Crippen MR) is 282 cm³/mol. The van der Waals surface area contributed by atoms with Crippen molar-refractivity contribution in [3.63, 3.8) is 0 Å². The van der Waals surface area contributed by atoms with Gasteiger partial charge >= 0.3 is 5.97 Å². The smallest absolute Gasteiger partial charge is 0.306 e. The van der Waals surface area contributed by atoms with Gasteiger partial charge in [0, 0.05) is 6.42 Å². The standard InChI is InChI=1S/C59H105NO5/c1-4-7-10-13-16-19-22-25-27-29-31-34-37-40-43-46-49-52-59(64)65-55(50-47-44-41-38-35-33-30-28-26-23-20-17-14-11-8-5-2)53-58(63)60-56(54-61)57(62)51-48-45-42-39-36-32-24-21-18-15-12-9-6-3/h16,19,25,27-28,30-31,33-35,40,43,55-57,61-62H,4-15,17-18,20-24,26,29,32,36-39,41-42,44-54H2,1-3H3,(H,60,63)/b19-16-,27-25-,30-28+,34-31-,35-33+,43-40-. The van der Waals surface area contributed by atoms with Gasteiger partial charge in [-0.3, -0.25) is 9.59 Å². The van der Waals surface area contributed by atoms with E-state index in [-0.39, 0.29) is 24.9 Å². The van der Waals surface area contributed by atoms with Crippen LogP contribution in [0.1, 0.15) is 265 Å². The minimum atomic E-state index is -0.807. The zero-order valence-corrected chi connectivity index (χ0v) is 42.9. The van der Waals surface area contributed by atoms with Crippen molar-refractivity contribution >= 4 is 11.9 Å². The lowest BCUT2D eigenvalue weighted by molar-refractivity contribution is -0.151. The Bertz CT molecular complexity index is 1200. The number of carbonyl (C=O) groups is 2. The van der Waals surface area contributed by atoms with Gasteiger partial charge in [0.15, 0.2) is 0 Å². The van der Waals surface area contributed by atoms with E-state index in [2.05, 4.69) is 99.0 Å². The summed E-state index contributed by atoms with van der Waals surface area (Å²) >= 11 is 0. The largest absolute Gasteiger partial charge is 0.462 e. The summed E-state index contributed by atoms with van der Waals surface area (Å²) in [6.45, 7) is 6.44. The van der Waals surface area contributed by atoms with Crippen LogP contribution in [0.5, 0.6) is 0 Å². The first-order chi connectivity index (χ1) is 32.0. The number of amides is 1. The third kappa shape index (κ3) is 47.6. The van der Waals surface area contributed by atoms with Crippen LogP contribution in [0.2, 0.25) is 0 Å². The number of rotatable bonds is 49. The number of ether oxygens (including phenoxy) is 1. The molecule has 3 atom stereocenters. The maximum atomic E-state index is 13.2. The number of aliphatic hydroxyl groups excluding tert-OH is 2. The molecule has 3 unspecified atom stereocenters. The van der Waals surface area contributed by atoms with E-state index in [1.807, 2.05) is 0 Å². The molecule has 0 aromatic rings. The van der Waals surface area contributed by atoms with Gasteiger partial charge in [0.1, 0.15) is 6.10 Å². The lowest BCUT2D eigenvalue weighted by Crippen LogP contribution is -2.46. The molecular weight excluding hydrogens is 803 g/mol. The Labute approximate surface area is 402 Å². The molecule has 1 amide bonds. The van der Waals surface area contributed by atoms with Crippen LogP contribution in [-0.4, -0.2) is 46.9 Å². The van der Waals surface area contributed by atoms with Gasteiger partial charge in [-0.05, 0) is 89.9 Å². The molecule has 0 aromatic heterocycles. The van der Waals surface area contributed by atoms with Gasteiger partial charge in [0.05, 0.1) is 25.2 Å². The average Bonchev–Trinajstić information content (AvgIpc) is 3.30. The lowest BCUT2D eigenvalue weighted by Gasteiger charge is -2.24. The van der Waals surface area contributed by atoms with Crippen molar-refractivity contribution in [2.45, 2.75) is 283 Å². The minimum absolute atomic E-state index is 0.0360. The molecule has 376 valence electrons. The molecule has 0 aliphatic heterocycles. The lowest BCUT2D eigenvalue weighted by atomic mass is 10.0. The van der Waals surface area contributed by atoms with Crippen LogP contribution >= 0.6 is 0 Å². The normalized spacial score (nSPS) is 13.7. The van der Waals surface area contributed by atoms with Crippen molar-refractivity contribution in [3.8, 4) is 0 Å². The molecule has 0 saturated heterocycles. The molecule has 65 heavy (non-hydrogen) atoms. The Morgan fingerprint density at radius 2 is 0.831 bits per heavy atom. The molecule has 0 heterocycles. The van der Waals surface area contributed by atoms with Crippen LogP contribution in [0, 0.1) is 0 Å². The quantitative estimate of drug-likeness (QED) is 0.0245. The summed E-state index contributed by atoms with van der Waals surface area (Å²) in [4.78, 5) is 26.2. The maximum absolute atomic E-state index is 13.2. The molecule has 0 aliphatic rings. The highest BCUT2D eigenvalue weighted by Gasteiger charge is 2.24. The van der Waals surface area contributed by atoms with Crippen molar-refractivity contribution in [1.82, 2.24) is 5.32 Å². The van der Waals surface area contributed by atoms with Crippen molar-refractivity contribution in [1.29, 1.82) is 0 Å². The first-order valence-electron chi connectivity index (χ1n) is 27.7. The Balaban J connectivity index is 4.72. The van der Waals surface area contributed by atoms with Gasteiger partial charge in [-0.2, -0.15) is 0 Å². The summed E-state index contributed by atoms with van der Waals surface area (Å²) in [5.41, 5.74) is 0. The Hall–Kier alpha value is -2.70. The number of nitrogens with one attached hydrogen (secondary N) is 1. The Kier molecular flexibility index (Phi) is 50.1. The molecule has 0 saturated carbocycles. The van der Waals surface area contributed by atoms with Gasteiger partial charge < -0.3 is 20.3 Å². The summed E-state index contributed by atoms with van der Waals surface area (Å²) in [6.07, 6.45) is 66.8. The highest BCUT2D eigenvalue weighted by atomic mass is 16.5. The number of allylic oxidation sites excluding steroid dienone is 12. The first-order valence-corrected chi connectivity index (χ1v) is 27.7. The molecule has 6 nitrogen and oxygen atoms in total. The molecule has 6 heteroatoms. The van der Waals surface area contributed by atoms with Crippen molar-refractivity contribution in [3.05, 3.63) is 72.9 Å². The third-order valence-electron chi connectivity index (χ3n) is 12.3. The summed E-state index contributed by atoms with van der Waals surface area (Å²) in [5.74, 6) is -0.565. The molecule has 0 aromatic carbocycles. The predicted octanol–water partition coefficient (Wildman–Crippen LogP) is 17.0. The molecule has 0 rings (SSSR count). The van der Waals surface area contributed by atoms with E-state index in [0.29, 0.717) is 25.7 Å². The fraction of sp³-hybridized carbons (Fsp3) is 0.763. The number of hydrogen-bond acceptors (Lipinski definition) is 5. The van der Waals surface area contributed by atoms with Crippen LogP contribution < -0.4 is 5.32 Å². The van der Waals surface area contributed by atoms with Gasteiger partial charge in [-0.25, -0.2) is 0 Å². The second-order valence-corrected chi connectivity index (χ2v) is 18.7. The third-order valence-corrected chi connectivity index (χ3v) is 12.3. The van der Waals surface area contributed by atoms with Crippen molar-refractivity contribution in [2.75, 3.05) is 6.61 Å². The zero-order valence-electron chi connectivity index (χ0n) is 42.9. The monoisotopic (exact) mass is 908 g/mol. The Morgan fingerprint density at radius 3 is 1.32 bits per heavy atom. The van der Waals surface area contributed by atoms with E-state index < -0.39 is 18.2 Å². The van der Waals surface area contributed by atoms with Gasteiger partial charge in [-0.15, -0.1) is 0 Å².